The monoisotopic (exact) mass is 331 g/mol. The summed E-state index contributed by atoms with van der Waals surface area (Å²) >= 11 is 0. The van der Waals surface area contributed by atoms with Crippen LogP contribution in [0.25, 0.3) is 0 Å². The van der Waals surface area contributed by atoms with E-state index in [1.165, 1.54) is 37.7 Å². The van der Waals surface area contributed by atoms with E-state index in [2.05, 4.69) is 27.7 Å². The molecule has 0 aromatic rings. The van der Waals surface area contributed by atoms with Gasteiger partial charge in [-0.15, -0.1) is 0 Å². The Bertz CT molecular complexity index is 524. The summed E-state index contributed by atoms with van der Waals surface area (Å²) < 4.78 is 0. The molecule has 2 N–H and O–H groups in total. The molecule has 2 nitrogen and oxygen atoms in total. The van der Waals surface area contributed by atoms with E-state index in [0.717, 1.165) is 31.7 Å². The standard InChI is InChI=1S/C22H37NO/c1-15-12-18-13-19(24)8-11-21(18,3)9-5-10-22(4)17(14-23)6-7-20(22)16(15)2/h13,15-17,20H,5-12,14,23H2,1-4H3. The first-order valence-corrected chi connectivity index (χ1v) is 10.2. The van der Waals surface area contributed by atoms with E-state index < -0.39 is 0 Å². The van der Waals surface area contributed by atoms with Crippen molar-refractivity contribution in [3.8, 4) is 0 Å². The van der Waals surface area contributed by atoms with Gasteiger partial charge in [-0.2, -0.15) is 0 Å². The predicted molar refractivity (Wildman–Crippen MR) is 101 cm³/mol. The molecule has 3 aliphatic carbocycles. The van der Waals surface area contributed by atoms with Crippen LogP contribution in [0.15, 0.2) is 11.6 Å². The number of carbonyl (C=O) groups excluding carboxylic acids is 1. The van der Waals surface area contributed by atoms with E-state index in [0.29, 0.717) is 29.0 Å². The smallest absolute Gasteiger partial charge is 0.155 e. The van der Waals surface area contributed by atoms with Gasteiger partial charge in [0.1, 0.15) is 0 Å². The largest absolute Gasteiger partial charge is 0.330 e. The molecule has 0 aliphatic heterocycles. The molecule has 6 atom stereocenters. The van der Waals surface area contributed by atoms with E-state index in [1.54, 1.807) is 0 Å². The average molecular weight is 332 g/mol. The fourth-order valence-electron chi connectivity index (χ4n) is 6.36. The summed E-state index contributed by atoms with van der Waals surface area (Å²) in [5.41, 5.74) is 8.29. The zero-order valence-electron chi connectivity index (χ0n) is 16.2. The van der Waals surface area contributed by atoms with Gasteiger partial charge >= 0.3 is 0 Å². The highest BCUT2D eigenvalue weighted by atomic mass is 16.1. The number of ketones is 1. The molecule has 0 heterocycles. The quantitative estimate of drug-likeness (QED) is 0.724. The van der Waals surface area contributed by atoms with Crippen molar-refractivity contribution in [2.45, 2.75) is 79.1 Å². The SMILES string of the molecule is CC1CC2=CC(=O)CCC2(C)CCCC2(C)C(CN)CCC2C1C. The van der Waals surface area contributed by atoms with Crippen LogP contribution in [0.3, 0.4) is 0 Å². The van der Waals surface area contributed by atoms with Crippen LogP contribution in [0.5, 0.6) is 0 Å². The Morgan fingerprint density at radius 1 is 1.17 bits per heavy atom. The molecule has 0 radical (unpaired) electrons. The van der Waals surface area contributed by atoms with Crippen LogP contribution < -0.4 is 5.73 Å². The van der Waals surface area contributed by atoms with Crippen molar-refractivity contribution < 1.29 is 4.79 Å². The second kappa shape index (κ2) is 6.59. The van der Waals surface area contributed by atoms with Crippen molar-refractivity contribution in [1.82, 2.24) is 0 Å². The van der Waals surface area contributed by atoms with Crippen molar-refractivity contribution in [3.63, 3.8) is 0 Å². The van der Waals surface area contributed by atoms with Gasteiger partial charge in [0, 0.05) is 6.42 Å². The average Bonchev–Trinajstić information content (AvgIpc) is 2.86. The predicted octanol–water partition coefficient (Wildman–Crippen LogP) is 5.12. The lowest BCUT2D eigenvalue weighted by molar-refractivity contribution is -0.115. The summed E-state index contributed by atoms with van der Waals surface area (Å²) in [6.07, 6.45) is 11.4. The number of carbonyl (C=O) groups is 1. The van der Waals surface area contributed by atoms with Crippen LogP contribution in [-0.2, 0) is 4.79 Å². The fraction of sp³-hybridized carbons (Fsp3) is 0.864. The number of nitrogens with two attached hydrogens (primary N) is 1. The molecule has 2 saturated carbocycles. The molecule has 3 aliphatic rings. The number of fused-ring (bicyclic) bond motifs is 2. The maximum atomic E-state index is 12.0. The summed E-state index contributed by atoms with van der Waals surface area (Å²) in [7, 11) is 0. The van der Waals surface area contributed by atoms with Crippen molar-refractivity contribution in [2.75, 3.05) is 6.54 Å². The Morgan fingerprint density at radius 3 is 2.62 bits per heavy atom. The fourth-order valence-corrected chi connectivity index (χ4v) is 6.36. The normalized spacial score (nSPS) is 46.9. The van der Waals surface area contributed by atoms with Gasteiger partial charge in [0.25, 0.3) is 0 Å². The Kier molecular flexibility index (Phi) is 4.99. The van der Waals surface area contributed by atoms with Crippen molar-refractivity contribution in [3.05, 3.63) is 11.6 Å². The van der Waals surface area contributed by atoms with E-state index in [4.69, 9.17) is 5.73 Å². The van der Waals surface area contributed by atoms with Crippen molar-refractivity contribution in [2.24, 2.45) is 40.2 Å². The van der Waals surface area contributed by atoms with Gasteiger partial charge in [0.2, 0.25) is 0 Å². The maximum Gasteiger partial charge on any atom is 0.155 e. The van der Waals surface area contributed by atoms with Gasteiger partial charge in [-0.3, -0.25) is 4.79 Å². The topological polar surface area (TPSA) is 43.1 Å². The minimum absolute atomic E-state index is 0.252. The van der Waals surface area contributed by atoms with E-state index >= 15 is 0 Å². The third-order valence-corrected chi connectivity index (χ3v) is 8.44. The first-order valence-electron chi connectivity index (χ1n) is 10.2. The molecule has 0 spiro atoms. The highest BCUT2D eigenvalue weighted by Crippen LogP contribution is 2.57. The summed E-state index contributed by atoms with van der Waals surface area (Å²) in [6, 6.07) is 0. The first-order chi connectivity index (χ1) is 11.3. The molecule has 2 fully saturated rings. The van der Waals surface area contributed by atoms with Gasteiger partial charge in [-0.25, -0.2) is 0 Å². The number of hydrogen-bond donors (Lipinski definition) is 1. The van der Waals surface area contributed by atoms with Crippen LogP contribution in [0.4, 0.5) is 0 Å². The molecule has 0 amide bonds. The van der Waals surface area contributed by atoms with Gasteiger partial charge in [-0.1, -0.05) is 39.7 Å². The Balaban J connectivity index is 1.92. The zero-order valence-corrected chi connectivity index (χ0v) is 16.2. The highest BCUT2D eigenvalue weighted by molar-refractivity contribution is 5.91. The highest BCUT2D eigenvalue weighted by Gasteiger charge is 2.49. The van der Waals surface area contributed by atoms with Gasteiger partial charge in [0.05, 0.1) is 0 Å². The second-order valence-electron chi connectivity index (χ2n) is 9.71. The molecule has 3 rings (SSSR count). The number of allylic oxidation sites excluding steroid dienone is 2. The van der Waals surface area contributed by atoms with Crippen LogP contribution in [0.1, 0.15) is 79.1 Å². The summed E-state index contributed by atoms with van der Waals surface area (Å²) in [6.45, 7) is 10.7. The summed E-state index contributed by atoms with van der Waals surface area (Å²) in [4.78, 5) is 12.0. The van der Waals surface area contributed by atoms with Crippen molar-refractivity contribution >= 4 is 5.78 Å². The maximum absolute atomic E-state index is 12.0. The third kappa shape index (κ3) is 3.00. The molecule has 0 aromatic carbocycles. The van der Waals surface area contributed by atoms with Crippen molar-refractivity contribution in [1.29, 1.82) is 0 Å². The lowest BCUT2D eigenvalue weighted by atomic mass is 9.59. The van der Waals surface area contributed by atoms with Gasteiger partial charge < -0.3 is 5.73 Å². The first kappa shape index (κ1) is 18.2. The van der Waals surface area contributed by atoms with E-state index in [-0.39, 0.29) is 5.41 Å². The molecule has 136 valence electrons. The van der Waals surface area contributed by atoms with Crippen LogP contribution >= 0.6 is 0 Å². The lowest BCUT2D eigenvalue weighted by Crippen LogP contribution is -2.39. The molecule has 6 unspecified atom stereocenters. The molecule has 0 aromatic heterocycles. The van der Waals surface area contributed by atoms with Crippen LogP contribution in [-0.4, -0.2) is 12.3 Å². The molecular formula is C22H37NO. The molecule has 2 heteroatoms. The molecule has 0 bridgehead atoms. The van der Waals surface area contributed by atoms with E-state index in [9.17, 15) is 4.79 Å². The number of rotatable bonds is 1. The summed E-state index contributed by atoms with van der Waals surface area (Å²) in [5.74, 6) is 3.22. The van der Waals surface area contributed by atoms with Gasteiger partial charge in [-0.05, 0) is 85.6 Å². The molecule has 24 heavy (non-hydrogen) atoms. The summed E-state index contributed by atoms with van der Waals surface area (Å²) in [5, 5.41) is 0. The third-order valence-electron chi connectivity index (χ3n) is 8.44. The van der Waals surface area contributed by atoms with Gasteiger partial charge in [0.15, 0.2) is 5.78 Å². The Morgan fingerprint density at radius 2 is 1.92 bits per heavy atom. The lowest BCUT2D eigenvalue weighted by Gasteiger charge is -2.45. The minimum atomic E-state index is 0.252. The Hall–Kier alpha value is -0.630. The Labute approximate surface area is 148 Å². The van der Waals surface area contributed by atoms with Crippen LogP contribution in [0, 0.1) is 34.5 Å². The molecule has 0 saturated heterocycles. The van der Waals surface area contributed by atoms with E-state index in [1.807, 2.05) is 6.08 Å². The minimum Gasteiger partial charge on any atom is -0.330 e. The molecular weight excluding hydrogens is 294 g/mol. The zero-order chi connectivity index (χ0) is 17.5. The number of hydrogen-bond acceptors (Lipinski definition) is 2. The van der Waals surface area contributed by atoms with Crippen LogP contribution in [0.2, 0.25) is 0 Å². The second-order valence-corrected chi connectivity index (χ2v) is 9.71.